The van der Waals surface area contributed by atoms with E-state index in [0.29, 0.717) is 28.9 Å². The lowest BCUT2D eigenvalue weighted by Gasteiger charge is -2.20. The molecule has 0 fully saturated rings. The Morgan fingerprint density at radius 3 is 2.74 bits per heavy atom. The summed E-state index contributed by atoms with van der Waals surface area (Å²) in [6, 6.07) is 7.09. The van der Waals surface area contributed by atoms with Crippen LogP contribution in [0.2, 0.25) is 0 Å². The van der Waals surface area contributed by atoms with E-state index in [0.717, 1.165) is 11.8 Å². The quantitative estimate of drug-likeness (QED) is 0.860. The number of benzene rings is 1. The number of nitriles is 1. The van der Waals surface area contributed by atoms with Gasteiger partial charge < -0.3 is 10.2 Å². The molecule has 0 spiro atoms. The highest BCUT2D eigenvalue weighted by Gasteiger charge is 2.21. The SMILES string of the molecule is CC(=O)SCCC(O)C(O)c1cccc(C#N)c1C. The van der Waals surface area contributed by atoms with Crippen molar-refractivity contribution in [3.63, 3.8) is 0 Å². The number of hydrogen-bond acceptors (Lipinski definition) is 5. The minimum absolute atomic E-state index is 0.00986. The van der Waals surface area contributed by atoms with Gasteiger partial charge in [-0.05, 0) is 30.5 Å². The van der Waals surface area contributed by atoms with Crippen molar-refractivity contribution in [1.82, 2.24) is 0 Å². The molecule has 19 heavy (non-hydrogen) atoms. The van der Waals surface area contributed by atoms with Crippen LogP contribution < -0.4 is 0 Å². The molecule has 0 saturated carbocycles. The van der Waals surface area contributed by atoms with Crippen molar-refractivity contribution in [1.29, 1.82) is 5.26 Å². The van der Waals surface area contributed by atoms with Gasteiger partial charge in [0.05, 0.1) is 17.7 Å². The summed E-state index contributed by atoms with van der Waals surface area (Å²) in [7, 11) is 0. The molecule has 4 nitrogen and oxygen atoms in total. The van der Waals surface area contributed by atoms with E-state index in [9.17, 15) is 15.0 Å². The molecular weight excluding hydrogens is 262 g/mol. The van der Waals surface area contributed by atoms with E-state index in [1.807, 2.05) is 6.07 Å². The molecule has 102 valence electrons. The van der Waals surface area contributed by atoms with Crippen LogP contribution in [0.4, 0.5) is 0 Å². The van der Waals surface area contributed by atoms with Crippen molar-refractivity contribution < 1.29 is 15.0 Å². The number of thioether (sulfide) groups is 1. The van der Waals surface area contributed by atoms with Gasteiger partial charge in [0, 0.05) is 12.7 Å². The summed E-state index contributed by atoms with van der Waals surface area (Å²) in [6.07, 6.45) is -1.66. The molecule has 0 bridgehead atoms. The third-order valence-electron chi connectivity index (χ3n) is 2.90. The van der Waals surface area contributed by atoms with Crippen molar-refractivity contribution in [3.8, 4) is 6.07 Å². The molecule has 2 N–H and O–H groups in total. The summed E-state index contributed by atoms with van der Waals surface area (Å²) in [5, 5.41) is 28.9. The van der Waals surface area contributed by atoms with Crippen LogP contribution in [0.3, 0.4) is 0 Å². The standard InChI is InChI=1S/C14H17NO3S/c1-9-11(8-15)4-3-5-12(9)14(18)13(17)6-7-19-10(2)16/h3-5,13-14,17-18H,6-7H2,1-2H3. The zero-order valence-corrected chi connectivity index (χ0v) is 11.8. The zero-order valence-electron chi connectivity index (χ0n) is 11.0. The molecule has 2 atom stereocenters. The van der Waals surface area contributed by atoms with Gasteiger partial charge in [-0.15, -0.1) is 0 Å². The Kier molecular flexibility index (Phi) is 6.03. The molecule has 5 heteroatoms. The highest BCUT2D eigenvalue weighted by molar-refractivity contribution is 8.13. The van der Waals surface area contributed by atoms with Crippen LogP contribution in [0, 0.1) is 18.3 Å². The second kappa shape index (κ2) is 7.29. The number of rotatable bonds is 5. The van der Waals surface area contributed by atoms with Crippen LogP contribution in [0.1, 0.15) is 36.1 Å². The van der Waals surface area contributed by atoms with Crippen LogP contribution >= 0.6 is 11.8 Å². The van der Waals surface area contributed by atoms with Gasteiger partial charge in [0.2, 0.25) is 0 Å². The molecule has 0 aromatic heterocycles. The first kappa shape index (κ1) is 15.7. The van der Waals surface area contributed by atoms with Crippen molar-refractivity contribution in [2.24, 2.45) is 0 Å². The Labute approximate surface area is 117 Å². The molecule has 0 heterocycles. The fourth-order valence-corrected chi connectivity index (χ4v) is 2.43. The van der Waals surface area contributed by atoms with Crippen molar-refractivity contribution in [2.45, 2.75) is 32.5 Å². The molecule has 0 aliphatic rings. The van der Waals surface area contributed by atoms with E-state index in [-0.39, 0.29) is 5.12 Å². The Morgan fingerprint density at radius 2 is 2.16 bits per heavy atom. The van der Waals surface area contributed by atoms with Crippen LogP contribution in [-0.4, -0.2) is 27.2 Å². The number of carbonyl (C=O) groups is 1. The minimum Gasteiger partial charge on any atom is -0.390 e. The van der Waals surface area contributed by atoms with E-state index in [2.05, 4.69) is 0 Å². The van der Waals surface area contributed by atoms with E-state index < -0.39 is 12.2 Å². The fraction of sp³-hybridized carbons (Fsp3) is 0.429. The monoisotopic (exact) mass is 279 g/mol. The van der Waals surface area contributed by atoms with Gasteiger partial charge in [-0.3, -0.25) is 4.79 Å². The van der Waals surface area contributed by atoms with Gasteiger partial charge in [0.1, 0.15) is 6.10 Å². The predicted octanol–water partition coefficient (Wildman–Crippen LogP) is 1.93. The number of aliphatic hydroxyl groups is 2. The average Bonchev–Trinajstić information content (AvgIpc) is 2.37. The largest absolute Gasteiger partial charge is 0.390 e. The maximum absolute atomic E-state index is 10.8. The van der Waals surface area contributed by atoms with Gasteiger partial charge >= 0.3 is 0 Å². The van der Waals surface area contributed by atoms with Crippen molar-refractivity contribution in [3.05, 3.63) is 34.9 Å². The molecule has 0 radical (unpaired) electrons. The molecule has 1 aromatic rings. The van der Waals surface area contributed by atoms with Gasteiger partial charge in [0.25, 0.3) is 0 Å². The van der Waals surface area contributed by atoms with Crippen molar-refractivity contribution >= 4 is 16.9 Å². The van der Waals surface area contributed by atoms with Crippen LogP contribution in [0.15, 0.2) is 18.2 Å². The summed E-state index contributed by atoms with van der Waals surface area (Å²) >= 11 is 1.12. The minimum atomic E-state index is -1.04. The third kappa shape index (κ3) is 4.35. The molecular formula is C14H17NO3S. The highest BCUT2D eigenvalue weighted by atomic mass is 32.2. The number of nitrogens with zero attached hydrogens (tertiary/aromatic N) is 1. The molecule has 0 aliphatic carbocycles. The molecule has 0 saturated heterocycles. The summed E-state index contributed by atoms with van der Waals surface area (Å²) in [5.74, 6) is 0.463. The summed E-state index contributed by atoms with van der Waals surface area (Å²) in [6.45, 7) is 3.21. The van der Waals surface area contributed by atoms with Gasteiger partial charge in [0.15, 0.2) is 5.12 Å². The number of carbonyl (C=O) groups excluding carboxylic acids is 1. The zero-order chi connectivity index (χ0) is 14.4. The lowest BCUT2D eigenvalue weighted by molar-refractivity contribution is -0.109. The predicted molar refractivity (Wildman–Crippen MR) is 74.6 cm³/mol. The molecule has 1 rings (SSSR count). The smallest absolute Gasteiger partial charge is 0.185 e. The third-order valence-corrected chi connectivity index (χ3v) is 3.74. The second-order valence-corrected chi connectivity index (χ2v) is 5.54. The van der Waals surface area contributed by atoms with E-state index in [1.165, 1.54) is 6.92 Å². The second-order valence-electron chi connectivity index (χ2n) is 4.27. The molecule has 1 aromatic carbocycles. The van der Waals surface area contributed by atoms with Crippen molar-refractivity contribution in [2.75, 3.05) is 5.75 Å². The fourth-order valence-electron chi connectivity index (χ4n) is 1.78. The molecule has 0 amide bonds. The Morgan fingerprint density at radius 1 is 1.47 bits per heavy atom. The van der Waals surface area contributed by atoms with Crippen LogP contribution in [0.25, 0.3) is 0 Å². The average molecular weight is 279 g/mol. The van der Waals surface area contributed by atoms with E-state index in [1.54, 1.807) is 25.1 Å². The van der Waals surface area contributed by atoms with E-state index in [4.69, 9.17) is 5.26 Å². The normalized spacial score (nSPS) is 13.6. The summed E-state index contributed by atoms with van der Waals surface area (Å²) in [4.78, 5) is 10.8. The summed E-state index contributed by atoms with van der Waals surface area (Å²) < 4.78 is 0. The van der Waals surface area contributed by atoms with Crippen LogP contribution in [0.5, 0.6) is 0 Å². The lowest BCUT2D eigenvalue weighted by atomic mass is 9.95. The molecule has 2 unspecified atom stereocenters. The Bertz CT molecular complexity index is 496. The molecule has 0 aliphatic heterocycles. The number of aliphatic hydroxyl groups excluding tert-OH is 2. The van der Waals surface area contributed by atoms with Crippen LogP contribution in [-0.2, 0) is 4.79 Å². The topological polar surface area (TPSA) is 81.3 Å². The Balaban J connectivity index is 2.74. The van der Waals surface area contributed by atoms with Gasteiger partial charge in [-0.25, -0.2) is 0 Å². The maximum atomic E-state index is 10.8. The lowest BCUT2D eigenvalue weighted by Crippen LogP contribution is -2.20. The summed E-state index contributed by atoms with van der Waals surface area (Å²) in [5.41, 5.74) is 1.72. The maximum Gasteiger partial charge on any atom is 0.185 e. The van der Waals surface area contributed by atoms with E-state index >= 15 is 0 Å². The van der Waals surface area contributed by atoms with Gasteiger partial charge in [-0.2, -0.15) is 5.26 Å². The van der Waals surface area contributed by atoms with Gasteiger partial charge in [-0.1, -0.05) is 23.9 Å². The number of hydrogen-bond donors (Lipinski definition) is 2. The first-order chi connectivity index (χ1) is 8.97. The first-order valence-corrected chi connectivity index (χ1v) is 6.95. The first-order valence-electron chi connectivity index (χ1n) is 5.96. The Hall–Kier alpha value is -1.35. The highest BCUT2D eigenvalue weighted by Crippen LogP contribution is 2.25.